The largest absolute Gasteiger partial charge is 0.393 e. The number of fused-ring (bicyclic) bond motifs is 3. The molecular formula is C14H16N4O. The Balaban J connectivity index is 1.91. The van der Waals surface area contributed by atoms with Gasteiger partial charge in [-0.05, 0) is 31.7 Å². The lowest BCUT2D eigenvalue weighted by Gasteiger charge is -2.27. The molecule has 3 aromatic heterocycles. The maximum atomic E-state index is 9.87. The van der Waals surface area contributed by atoms with Crippen LogP contribution in [0.15, 0.2) is 24.8 Å². The molecule has 4 rings (SSSR count). The summed E-state index contributed by atoms with van der Waals surface area (Å²) in [7, 11) is 0. The second-order valence-electron chi connectivity index (χ2n) is 5.36. The van der Waals surface area contributed by atoms with Gasteiger partial charge in [0.05, 0.1) is 24.1 Å². The van der Waals surface area contributed by atoms with Crippen molar-refractivity contribution in [2.24, 2.45) is 0 Å². The highest BCUT2D eigenvalue weighted by Crippen LogP contribution is 2.33. The molecule has 19 heavy (non-hydrogen) atoms. The molecule has 98 valence electrons. The van der Waals surface area contributed by atoms with Gasteiger partial charge in [0, 0.05) is 17.6 Å². The number of imidazole rings is 1. The van der Waals surface area contributed by atoms with E-state index in [4.69, 9.17) is 0 Å². The zero-order chi connectivity index (χ0) is 12.8. The number of aliphatic hydroxyl groups excluding tert-OH is 1. The Bertz CT molecular complexity index is 729. The normalized spacial score (nSPS) is 24.3. The van der Waals surface area contributed by atoms with Crippen LogP contribution in [0.2, 0.25) is 0 Å². The molecule has 0 aliphatic heterocycles. The van der Waals surface area contributed by atoms with Crippen LogP contribution in [-0.2, 0) is 0 Å². The summed E-state index contributed by atoms with van der Waals surface area (Å²) in [6.45, 7) is 0. The lowest BCUT2D eigenvalue weighted by atomic mass is 9.93. The van der Waals surface area contributed by atoms with E-state index in [-0.39, 0.29) is 6.10 Å². The van der Waals surface area contributed by atoms with Gasteiger partial charge in [0.25, 0.3) is 0 Å². The van der Waals surface area contributed by atoms with Gasteiger partial charge in [0.1, 0.15) is 11.2 Å². The van der Waals surface area contributed by atoms with Crippen LogP contribution in [0.3, 0.4) is 0 Å². The Kier molecular flexibility index (Phi) is 2.35. The zero-order valence-corrected chi connectivity index (χ0v) is 10.6. The summed E-state index contributed by atoms with van der Waals surface area (Å²) < 4.78 is 2.22. The third kappa shape index (κ3) is 1.65. The predicted octanol–water partition coefficient (Wildman–Crippen LogP) is 2.39. The van der Waals surface area contributed by atoms with Gasteiger partial charge in [-0.25, -0.2) is 9.97 Å². The van der Waals surface area contributed by atoms with E-state index in [1.807, 2.05) is 24.8 Å². The lowest BCUT2D eigenvalue weighted by molar-refractivity contribution is 0.105. The molecule has 0 aromatic carbocycles. The summed E-state index contributed by atoms with van der Waals surface area (Å²) >= 11 is 0. The molecule has 0 amide bonds. The summed E-state index contributed by atoms with van der Waals surface area (Å²) in [6, 6.07) is 2.39. The van der Waals surface area contributed by atoms with Crippen LogP contribution in [0.5, 0.6) is 0 Å². The van der Waals surface area contributed by atoms with Crippen LogP contribution in [0.4, 0.5) is 0 Å². The van der Waals surface area contributed by atoms with E-state index in [2.05, 4.69) is 19.5 Å². The van der Waals surface area contributed by atoms with Crippen molar-refractivity contribution >= 4 is 22.1 Å². The monoisotopic (exact) mass is 256 g/mol. The van der Waals surface area contributed by atoms with Crippen molar-refractivity contribution in [1.82, 2.24) is 19.5 Å². The number of pyridine rings is 1. The fraction of sp³-hybridized carbons (Fsp3) is 0.429. The van der Waals surface area contributed by atoms with Crippen LogP contribution in [-0.4, -0.2) is 30.7 Å². The van der Waals surface area contributed by atoms with Crippen molar-refractivity contribution in [2.75, 3.05) is 0 Å². The van der Waals surface area contributed by atoms with Crippen molar-refractivity contribution in [1.29, 1.82) is 0 Å². The number of aliphatic hydroxyl groups is 1. The molecule has 0 unspecified atom stereocenters. The average Bonchev–Trinajstić information content (AvgIpc) is 3.04. The van der Waals surface area contributed by atoms with Crippen molar-refractivity contribution in [3.05, 3.63) is 24.8 Å². The van der Waals surface area contributed by atoms with E-state index in [0.717, 1.165) is 47.8 Å². The maximum Gasteiger partial charge on any atom is 0.139 e. The first-order valence-electron chi connectivity index (χ1n) is 6.79. The van der Waals surface area contributed by atoms with Gasteiger partial charge in [-0.1, -0.05) is 0 Å². The molecule has 3 aromatic rings. The number of nitrogens with one attached hydrogen (secondary N) is 1. The first-order valence-corrected chi connectivity index (χ1v) is 6.79. The molecule has 5 heteroatoms. The van der Waals surface area contributed by atoms with Gasteiger partial charge in [-0.2, -0.15) is 0 Å². The summed E-state index contributed by atoms with van der Waals surface area (Å²) in [5, 5.41) is 11.0. The molecule has 1 fully saturated rings. The molecule has 0 bridgehead atoms. The molecule has 0 radical (unpaired) electrons. The average molecular weight is 256 g/mol. The molecular weight excluding hydrogens is 240 g/mol. The van der Waals surface area contributed by atoms with E-state index < -0.39 is 0 Å². The predicted molar refractivity (Wildman–Crippen MR) is 72.9 cm³/mol. The van der Waals surface area contributed by atoms with Crippen molar-refractivity contribution in [2.45, 2.75) is 37.8 Å². The van der Waals surface area contributed by atoms with Gasteiger partial charge >= 0.3 is 0 Å². The highest BCUT2D eigenvalue weighted by Gasteiger charge is 2.23. The van der Waals surface area contributed by atoms with E-state index in [0.29, 0.717) is 6.04 Å². The SMILES string of the molecule is O[C@@H]1CCC[C@@H](n2cnc3cnc4[nH]ccc4c32)C1. The summed E-state index contributed by atoms with van der Waals surface area (Å²) in [4.78, 5) is 12.0. The second kappa shape index (κ2) is 4.06. The van der Waals surface area contributed by atoms with Gasteiger partial charge < -0.3 is 14.7 Å². The van der Waals surface area contributed by atoms with Crippen LogP contribution in [0.25, 0.3) is 22.1 Å². The Morgan fingerprint density at radius 1 is 1.32 bits per heavy atom. The molecule has 2 atom stereocenters. The number of rotatable bonds is 1. The third-order valence-electron chi connectivity index (χ3n) is 4.13. The zero-order valence-electron chi connectivity index (χ0n) is 10.6. The number of hydrogen-bond donors (Lipinski definition) is 2. The number of aromatic amines is 1. The minimum absolute atomic E-state index is 0.181. The van der Waals surface area contributed by atoms with E-state index in [1.165, 1.54) is 0 Å². The Morgan fingerprint density at radius 3 is 3.16 bits per heavy atom. The molecule has 1 aliphatic carbocycles. The minimum Gasteiger partial charge on any atom is -0.393 e. The fourth-order valence-electron chi connectivity index (χ4n) is 3.20. The highest BCUT2D eigenvalue weighted by molar-refractivity contribution is 6.00. The van der Waals surface area contributed by atoms with Crippen molar-refractivity contribution in [3.63, 3.8) is 0 Å². The quantitative estimate of drug-likeness (QED) is 0.702. The fourth-order valence-corrected chi connectivity index (χ4v) is 3.20. The van der Waals surface area contributed by atoms with Gasteiger partial charge in [0.2, 0.25) is 0 Å². The number of H-pyrrole nitrogens is 1. The van der Waals surface area contributed by atoms with Gasteiger partial charge in [-0.15, -0.1) is 0 Å². The number of hydrogen-bond acceptors (Lipinski definition) is 3. The van der Waals surface area contributed by atoms with Crippen LogP contribution >= 0.6 is 0 Å². The van der Waals surface area contributed by atoms with Crippen molar-refractivity contribution in [3.8, 4) is 0 Å². The minimum atomic E-state index is -0.181. The number of nitrogens with zero attached hydrogens (tertiary/aromatic N) is 3. The summed E-state index contributed by atoms with van der Waals surface area (Å²) in [5.74, 6) is 0. The van der Waals surface area contributed by atoms with E-state index >= 15 is 0 Å². The van der Waals surface area contributed by atoms with E-state index in [9.17, 15) is 5.11 Å². The Morgan fingerprint density at radius 2 is 2.26 bits per heavy atom. The van der Waals surface area contributed by atoms with Crippen LogP contribution in [0.1, 0.15) is 31.7 Å². The topological polar surface area (TPSA) is 66.7 Å². The van der Waals surface area contributed by atoms with Gasteiger partial charge in [-0.3, -0.25) is 0 Å². The summed E-state index contributed by atoms with van der Waals surface area (Å²) in [6.07, 6.45) is 9.35. The van der Waals surface area contributed by atoms with Gasteiger partial charge in [0.15, 0.2) is 0 Å². The standard InChI is InChI=1S/C14H16N4O/c19-10-3-1-2-9(6-10)18-8-17-12-7-16-14-11(13(12)18)4-5-15-14/h4-5,7-10,19H,1-3,6H2,(H,15,16)/t9-,10-/m1/s1. The van der Waals surface area contributed by atoms with E-state index in [1.54, 1.807) is 0 Å². The first-order chi connectivity index (χ1) is 9.33. The summed E-state index contributed by atoms with van der Waals surface area (Å²) in [5.41, 5.74) is 2.95. The molecule has 5 nitrogen and oxygen atoms in total. The molecule has 0 spiro atoms. The molecule has 1 aliphatic rings. The molecule has 1 saturated carbocycles. The Labute approximate surface area is 110 Å². The second-order valence-corrected chi connectivity index (χ2v) is 5.36. The molecule has 2 N–H and O–H groups in total. The van der Waals surface area contributed by atoms with Crippen LogP contribution in [0, 0.1) is 0 Å². The number of aromatic nitrogens is 4. The smallest absolute Gasteiger partial charge is 0.139 e. The maximum absolute atomic E-state index is 9.87. The lowest BCUT2D eigenvalue weighted by Crippen LogP contribution is -2.22. The van der Waals surface area contributed by atoms with Crippen LogP contribution < -0.4 is 0 Å². The molecule has 0 saturated heterocycles. The highest BCUT2D eigenvalue weighted by atomic mass is 16.3. The molecule has 3 heterocycles. The Hall–Kier alpha value is -1.88. The first kappa shape index (κ1) is 11.0. The van der Waals surface area contributed by atoms with Crippen molar-refractivity contribution < 1.29 is 5.11 Å². The third-order valence-corrected chi connectivity index (χ3v) is 4.13.